The molecule has 28 heavy (non-hydrogen) atoms. The minimum Gasteiger partial charge on any atom is -0.489 e. The van der Waals surface area contributed by atoms with Gasteiger partial charge in [0.05, 0.1) is 0 Å². The Morgan fingerprint density at radius 2 is 1.71 bits per heavy atom. The fraction of sp³-hybridized carbons (Fsp3) is 0.429. The van der Waals surface area contributed by atoms with Gasteiger partial charge in [-0.25, -0.2) is 4.39 Å². The van der Waals surface area contributed by atoms with Crippen LogP contribution in [0.2, 0.25) is 0 Å². The second-order valence-electron chi connectivity index (χ2n) is 6.22. The zero-order valence-corrected chi connectivity index (χ0v) is 19.6. The average Bonchev–Trinajstić information content (AvgIpc) is 2.65. The molecule has 0 aromatic heterocycles. The van der Waals surface area contributed by atoms with Crippen LogP contribution in [0.1, 0.15) is 31.4 Å². The highest BCUT2D eigenvalue weighted by atomic mass is 79.9. The van der Waals surface area contributed by atoms with Crippen molar-refractivity contribution in [1.29, 1.82) is 0 Å². The van der Waals surface area contributed by atoms with E-state index >= 15 is 0 Å². The number of nitrogens with one attached hydrogen (secondary N) is 1. The lowest BCUT2D eigenvalue weighted by Gasteiger charge is -2.18. The summed E-state index contributed by atoms with van der Waals surface area (Å²) in [6, 6.07) is 12.4. The molecule has 0 aliphatic carbocycles. The Balaban J connectivity index is 0.00000364. The maximum Gasteiger partial charge on any atom is 0.124 e. The van der Waals surface area contributed by atoms with Crippen LogP contribution in [0, 0.1) is 5.82 Å². The number of nitrogens with zero attached hydrogens (tertiary/aromatic N) is 1. The number of halogens is 4. The van der Waals surface area contributed by atoms with Crippen molar-refractivity contribution in [2.75, 3.05) is 26.2 Å². The zero-order valence-electron chi connectivity index (χ0n) is 16.4. The van der Waals surface area contributed by atoms with Crippen molar-refractivity contribution in [3.05, 3.63) is 63.9 Å². The fourth-order valence-electron chi connectivity index (χ4n) is 2.76. The summed E-state index contributed by atoms with van der Waals surface area (Å²) in [6.07, 6.45) is 1.13. The topological polar surface area (TPSA) is 24.5 Å². The first kappa shape index (κ1) is 27.1. The SMILES string of the molecule is CCN(CC)CCCNCc1cc(Br)ccc1OCc1ccc(F)cc1.Cl.Cl. The van der Waals surface area contributed by atoms with Crippen molar-refractivity contribution < 1.29 is 9.13 Å². The van der Waals surface area contributed by atoms with E-state index in [1.54, 1.807) is 12.1 Å². The van der Waals surface area contributed by atoms with Gasteiger partial charge >= 0.3 is 0 Å². The third-order valence-electron chi connectivity index (χ3n) is 4.37. The van der Waals surface area contributed by atoms with Crippen LogP contribution in [0.25, 0.3) is 0 Å². The Morgan fingerprint density at radius 1 is 1.04 bits per heavy atom. The molecule has 0 fully saturated rings. The first-order valence-corrected chi connectivity index (χ1v) is 10.0. The van der Waals surface area contributed by atoms with E-state index < -0.39 is 0 Å². The molecule has 0 aliphatic rings. The number of rotatable bonds is 11. The van der Waals surface area contributed by atoms with Gasteiger partial charge in [0.2, 0.25) is 0 Å². The van der Waals surface area contributed by atoms with E-state index in [9.17, 15) is 4.39 Å². The highest BCUT2D eigenvalue weighted by Gasteiger charge is 2.06. The molecule has 3 nitrogen and oxygen atoms in total. The lowest BCUT2D eigenvalue weighted by molar-refractivity contribution is 0.295. The summed E-state index contributed by atoms with van der Waals surface area (Å²) < 4.78 is 20.0. The standard InChI is InChI=1S/C21H28BrFN2O.2ClH/c1-3-25(4-2)13-5-12-24-15-18-14-19(22)8-11-21(18)26-16-17-6-9-20(23)10-7-17;;/h6-11,14,24H,3-5,12-13,15-16H2,1-2H3;2*1H. The summed E-state index contributed by atoms with van der Waals surface area (Å²) in [5.41, 5.74) is 2.07. The van der Waals surface area contributed by atoms with Gasteiger partial charge in [0, 0.05) is 16.6 Å². The number of hydrogen-bond acceptors (Lipinski definition) is 3. The first-order chi connectivity index (χ1) is 12.6. The fourth-order valence-corrected chi connectivity index (χ4v) is 3.17. The summed E-state index contributed by atoms with van der Waals surface area (Å²) in [4.78, 5) is 2.43. The van der Waals surface area contributed by atoms with Crippen molar-refractivity contribution in [2.24, 2.45) is 0 Å². The zero-order chi connectivity index (χ0) is 18.8. The van der Waals surface area contributed by atoms with E-state index in [1.807, 2.05) is 12.1 Å². The maximum absolute atomic E-state index is 13.0. The monoisotopic (exact) mass is 494 g/mol. The number of ether oxygens (including phenoxy) is 1. The van der Waals surface area contributed by atoms with Crippen molar-refractivity contribution in [3.63, 3.8) is 0 Å². The van der Waals surface area contributed by atoms with Crippen LogP contribution >= 0.6 is 40.7 Å². The summed E-state index contributed by atoms with van der Waals surface area (Å²) in [5.74, 6) is 0.626. The van der Waals surface area contributed by atoms with Crippen LogP contribution in [-0.4, -0.2) is 31.1 Å². The van der Waals surface area contributed by atoms with E-state index in [0.717, 1.165) is 60.5 Å². The third-order valence-corrected chi connectivity index (χ3v) is 4.86. The smallest absolute Gasteiger partial charge is 0.124 e. The molecule has 0 radical (unpaired) electrons. The largest absolute Gasteiger partial charge is 0.489 e. The summed E-state index contributed by atoms with van der Waals surface area (Å²) in [6.45, 7) is 9.87. The van der Waals surface area contributed by atoms with Gasteiger partial charge in [0.15, 0.2) is 0 Å². The molecule has 7 heteroatoms. The van der Waals surface area contributed by atoms with Gasteiger partial charge < -0.3 is 15.0 Å². The Kier molecular flexibility index (Phi) is 14.6. The maximum atomic E-state index is 13.0. The van der Waals surface area contributed by atoms with Gasteiger partial charge in [-0.2, -0.15) is 0 Å². The molecule has 0 unspecified atom stereocenters. The predicted molar refractivity (Wildman–Crippen MR) is 123 cm³/mol. The molecule has 0 saturated heterocycles. The molecule has 0 aliphatic heterocycles. The Labute approximate surface area is 189 Å². The summed E-state index contributed by atoms with van der Waals surface area (Å²) in [7, 11) is 0. The molecule has 1 N–H and O–H groups in total. The van der Waals surface area contributed by atoms with Crippen molar-refractivity contribution in [3.8, 4) is 5.75 Å². The minimum atomic E-state index is -0.230. The molecular weight excluding hydrogens is 466 g/mol. The quantitative estimate of drug-likeness (QED) is 0.396. The molecule has 0 heterocycles. The molecule has 0 spiro atoms. The van der Waals surface area contributed by atoms with Crippen LogP contribution in [0.15, 0.2) is 46.9 Å². The van der Waals surface area contributed by atoms with Gasteiger partial charge in [-0.3, -0.25) is 0 Å². The Morgan fingerprint density at radius 3 is 2.36 bits per heavy atom. The van der Waals surface area contributed by atoms with E-state index in [0.29, 0.717) is 6.61 Å². The van der Waals surface area contributed by atoms with E-state index in [-0.39, 0.29) is 30.6 Å². The highest BCUT2D eigenvalue weighted by molar-refractivity contribution is 9.10. The van der Waals surface area contributed by atoms with Gasteiger partial charge in [-0.1, -0.05) is 41.9 Å². The van der Waals surface area contributed by atoms with Crippen molar-refractivity contribution >= 4 is 40.7 Å². The van der Waals surface area contributed by atoms with Crippen LogP contribution in [-0.2, 0) is 13.2 Å². The van der Waals surface area contributed by atoms with Crippen molar-refractivity contribution in [1.82, 2.24) is 10.2 Å². The molecule has 0 atom stereocenters. The lowest BCUT2D eigenvalue weighted by atomic mass is 10.2. The van der Waals surface area contributed by atoms with Crippen LogP contribution in [0.4, 0.5) is 4.39 Å². The van der Waals surface area contributed by atoms with Crippen molar-refractivity contribution in [2.45, 2.75) is 33.4 Å². The molecule has 0 bridgehead atoms. The molecule has 2 aromatic carbocycles. The first-order valence-electron chi connectivity index (χ1n) is 9.21. The van der Waals surface area contributed by atoms with Gasteiger partial charge in [0.25, 0.3) is 0 Å². The Bertz CT molecular complexity index is 670. The molecular formula is C21H30BrCl2FN2O. The summed E-state index contributed by atoms with van der Waals surface area (Å²) in [5, 5.41) is 3.50. The molecule has 0 saturated carbocycles. The lowest BCUT2D eigenvalue weighted by Crippen LogP contribution is -2.27. The Hall–Kier alpha value is -0.850. The van der Waals surface area contributed by atoms with Crippen LogP contribution in [0.3, 0.4) is 0 Å². The van der Waals surface area contributed by atoms with Crippen LogP contribution in [0.5, 0.6) is 5.75 Å². The number of benzene rings is 2. The minimum absolute atomic E-state index is 0. The van der Waals surface area contributed by atoms with E-state index in [2.05, 4.69) is 46.1 Å². The van der Waals surface area contributed by atoms with E-state index in [1.165, 1.54) is 12.1 Å². The highest BCUT2D eigenvalue weighted by Crippen LogP contribution is 2.24. The summed E-state index contributed by atoms with van der Waals surface area (Å²) >= 11 is 3.53. The molecule has 2 aromatic rings. The van der Waals surface area contributed by atoms with Gasteiger partial charge in [0.1, 0.15) is 18.2 Å². The number of hydrogen-bond donors (Lipinski definition) is 1. The van der Waals surface area contributed by atoms with Gasteiger partial charge in [-0.15, -0.1) is 24.8 Å². The predicted octanol–water partition coefficient (Wildman–Crippen LogP) is 5.83. The second-order valence-corrected chi connectivity index (χ2v) is 7.14. The van der Waals surface area contributed by atoms with E-state index in [4.69, 9.17) is 4.74 Å². The third kappa shape index (κ3) is 9.57. The molecule has 158 valence electrons. The normalized spacial score (nSPS) is 10.3. The van der Waals surface area contributed by atoms with Crippen LogP contribution < -0.4 is 10.1 Å². The molecule has 2 rings (SSSR count). The van der Waals surface area contributed by atoms with Gasteiger partial charge in [-0.05, 0) is 68.5 Å². The second kappa shape index (κ2) is 15.1. The average molecular weight is 496 g/mol. The molecule has 0 amide bonds.